The van der Waals surface area contributed by atoms with Gasteiger partial charge in [-0.05, 0) is 58.2 Å². The Balaban J connectivity index is 1.72. The van der Waals surface area contributed by atoms with Gasteiger partial charge in [0.15, 0.2) is 0 Å². The summed E-state index contributed by atoms with van der Waals surface area (Å²) in [6.07, 6.45) is 2.31. The number of carbonyl (C=O) groups excluding carboxylic acids is 2. The summed E-state index contributed by atoms with van der Waals surface area (Å²) in [5.41, 5.74) is -0.0551. The molecular weight excluding hydrogens is 361 g/mol. The monoisotopic (exact) mass is 387 g/mol. The number of amides is 1. The quantitative estimate of drug-likeness (QED) is 0.726. The van der Waals surface area contributed by atoms with Gasteiger partial charge in [0, 0.05) is 13.1 Å². The summed E-state index contributed by atoms with van der Waals surface area (Å²) in [6.45, 7) is 8.27. The van der Waals surface area contributed by atoms with Gasteiger partial charge >= 0.3 is 6.09 Å². The summed E-state index contributed by atoms with van der Waals surface area (Å²) in [7, 11) is 0. The molecule has 1 spiro atoms. The second-order valence-electron chi connectivity index (χ2n) is 8.33. The summed E-state index contributed by atoms with van der Waals surface area (Å²) in [5, 5.41) is 0. The summed E-state index contributed by atoms with van der Waals surface area (Å²) >= 11 is 0. The van der Waals surface area contributed by atoms with Crippen molar-refractivity contribution in [2.75, 3.05) is 13.1 Å². The maximum absolute atomic E-state index is 13.6. The van der Waals surface area contributed by atoms with E-state index in [0.717, 1.165) is 5.56 Å². The van der Waals surface area contributed by atoms with Crippen LogP contribution in [0.1, 0.15) is 52.1 Å². The normalized spacial score (nSPS) is 19.7. The molecule has 1 atom stereocenters. The van der Waals surface area contributed by atoms with Crippen molar-refractivity contribution in [3.8, 4) is 0 Å². The molecule has 2 aliphatic heterocycles. The van der Waals surface area contributed by atoms with E-state index in [-0.39, 0.29) is 18.0 Å². The average molecular weight is 387 g/mol. The van der Waals surface area contributed by atoms with Crippen molar-refractivity contribution in [2.24, 2.45) is 4.99 Å². The fourth-order valence-corrected chi connectivity index (χ4v) is 3.65. The third-order valence-electron chi connectivity index (χ3n) is 5.22. The van der Waals surface area contributed by atoms with Gasteiger partial charge in [-0.3, -0.25) is 4.99 Å². The van der Waals surface area contributed by atoms with Crippen molar-refractivity contribution in [3.05, 3.63) is 41.3 Å². The summed E-state index contributed by atoms with van der Waals surface area (Å²) in [6, 6.07) is 6.06. The van der Waals surface area contributed by atoms with Crippen LogP contribution in [-0.4, -0.2) is 52.4 Å². The van der Waals surface area contributed by atoms with Crippen LogP contribution in [0.5, 0.6) is 0 Å². The van der Waals surface area contributed by atoms with Gasteiger partial charge in [-0.25, -0.2) is 14.0 Å². The van der Waals surface area contributed by atoms with E-state index in [1.165, 1.54) is 12.1 Å². The number of halogens is 1. The van der Waals surface area contributed by atoms with E-state index in [9.17, 15) is 14.0 Å². The highest BCUT2D eigenvalue weighted by atomic mass is 19.1. The van der Waals surface area contributed by atoms with Crippen LogP contribution in [0.3, 0.4) is 0 Å². The molecule has 0 saturated carbocycles. The maximum Gasteiger partial charge on any atom is 0.410 e. The third kappa shape index (κ3) is 3.94. The number of piperidine rings is 1. The van der Waals surface area contributed by atoms with Crippen molar-refractivity contribution in [1.29, 1.82) is 0 Å². The first-order valence-electron chi connectivity index (χ1n) is 9.48. The van der Waals surface area contributed by atoms with Gasteiger partial charge in [0.1, 0.15) is 28.6 Å². The minimum Gasteiger partial charge on any atom is -0.444 e. The number of benzene rings is 1. The standard InChI is InChI=1S/C21H26FN3O3/c1-15(16-6-5-7-17(22)12-16)25-14-23-21(18(25)13-26)8-10-24(11-9-21)19(27)28-20(2,3)4/h5-7,12,14-15H,8-11H2,1-4H3/t15-/m0/s1. The van der Waals surface area contributed by atoms with E-state index in [0.29, 0.717) is 31.6 Å². The fourth-order valence-electron chi connectivity index (χ4n) is 3.65. The van der Waals surface area contributed by atoms with E-state index in [2.05, 4.69) is 10.9 Å². The van der Waals surface area contributed by atoms with Crippen LogP contribution in [0.4, 0.5) is 9.18 Å². The molecule has 1 amide bonds. The van der Waals surface area contributed by atoms with E-state index >= 15 is 0 Å². The molecule has 2 heterocycles. The molecule has 0 N–H and O–H groups in total. The van der Waals surface area contributed by atoms with Gasteiger partial charge in [0.25, 0.3) is 0 Å². The zero-order chi connectivity index (χ0) is 20.5. The lowest BCUT2D eigenvalue weighted by Gasteiger charge is -2.39. The predicted octanol–water partition coefficient (Wildman–Crippen LogP) is 3.72. The Kier molecular flexibility index (Phi) is 5.31. The summed E-state index contributed by atoms with van der Waals surface area (Å²) in [5.74, 6) is 1.74. The molecule has 1 aromatic rings. The lowest BCUT2D eigenvalue weighted by molar-refractivity contribution is 0.0181. The summed E-state index contributed by atoms with van der Waals surface area (Å²) in [4.78, 5) is 32.2. The minimum atomic E-state index is -0.693. The van der Waals surface area contributed by atoms with Gasteiger partial charge < -0.3 is 14.5 Å². The topological polar surface area (TPSA) is 62.2 Å². The Labute approximate surface area is 164 Å². The van der Waals surface area contributed by atoms with Crippen LogP contribution in [0.2, 0.25) is 0 Å². The highest BCUT2D eigenvalue weighted by Crippen LogP contribution is 2.41. The first-order chi connectivity index (χ1) is 13.1. The number of aliphatic imine (C=N–C) groups is 1. The van der Waals surface area contributed by atoms with Crippen molar-refractivity contribution < 1.29 is 18.7 Å². The van der Waals surface area contributed by atoms with Gasteiger partial charge in [-0.15, -0.1) is 0 Å². The molecule has 3 rings (SSSR count). The lowest BCUT2D eigenvalue weighted by Crippen LogP contribution is -2.48. The fraction of sp³-hybridized carbons (Fsp3) is 0.524. The molecule has 2 aliphatic rings. The third-order valence-corrected chi connectivity index (χ3v) is 5.22. The lowest BCUT2D eigenvalue weighted by atomic mass is 9.85. The molecule has 28 heavy (non-hydrogen) atoms. The molecule has 150 valence electrons. The second-order valence-corrected chi connectivity index (χ2v) is 8.33. The van der Waals surface area contributed by atoms with E-state index in [1.807, 2.05) is 33.8 Å². The first kappa shape index (κ1) is 20.1. The molecule has 0 aromatic heterocycles. The largest absolute Gasteiger partial charge is 0.444 e. The molecule has 1 aromatic carbocycles. The molecule has 0 bridgehead atoms. The molecule has 1 fully saturated rings. The van der Waals surface area contributed by atoms with E-state index < -0.39 is 11.1 Å². The van der Waals surface area contributed by atoms with Gasteiger partial charge in [0.05, 0.1) is 12.4 Å². The second kappa shape index (κ2) is 7.40. The van der Waals surface area contributed by atoms with Crippen LogP contribution in [-0.2, 0) is 9.53 Å². The average Bonchev–Trinajstić information content (AvgIpc) is 2.98. The van der Waals surface area contributed by atoms with Crippen molar-refractivity contribution in [2.45, 2.75) is 57.7 Å². The van der Waals surface area contributed by atoms with Crippen LogP contribution < -0.4 is 0 Å². The Hall–Kier alpha value is -2.66. The molecular formula is C21H26FN3O3. The van der Waals surface area contributed by atoms with Crippen molar-refractivity contribution >= 4 is 18.4 Å². The Bertz CT molecular complexity index is 832. The first-order valence-corrected chi connectivity index (χ1v) is 9.48. The van der Waals surface area contributed by atoms with Crippen LogP contribution in [0, 0.1) is 5.82 Å². The number of carbonyl (C=O) groups is 1. The van der Waals surface area contributed by atoms with Gasteiger partial charge in [-0.2, -0.15) is 0 Å². The van der Waals surface area contributed by atoms with Crippen LogP contribution >= 0.6 is 0 Å². The molecule has 1 saturated heterocycles. The predicted molar refractivity (Wildman–Crippen MR) is 104 cm³/mol. The van der Waals surface area contributed by atoms with Crippen LogP contribution in [0.25, 0.3) is 0 Å². The van der Waals surface area contributed by atoms with E-state index in [1.54, 1.807) is 22.2 Å². The number of nitrogens with zero attached hydrogens (tertiary/aromatic N) is 3. The van der Waals surface area contributed by atoms with Gasteiger partial charge in [-0.1, -0.05) is 12.1 Å². The highest BCUT2D eigenvalue weighted by molar-refractivity contribution is 5.74. The number of hydrogen-bond donors (Lipinski definition) is 0. The number of hydrogen-bond acceptors (Lipinski definition) is 5. The van der Waals surface area contributed by atoms with Crippen molar-refractivity contribution in [1.82, 2.24) is 9.80 Å². The van der Waals surface area contributed by atoms with E-state index in [4.69, 9.17) is 4.74 Å². The number of rotatable bonds is 2. The molecule has 0 radical (unpaired) electrons. The van der Waals surface area contributed by atoms with Crippen molar-refractivity contribution in [3.63, 3.8) is 0 Å². The molecule has 6 nitrogen and oxygen atoms in total. The highest BCUT2D eigenvalue weighted by Gasteiger charge is 2.46. The minimum absolute atomic E-state index is 0.251. The Morgan fingerprint density at radius 2 is 2.00 bits per heavy atom. The summed E-state index contributed by atoms with van der Waals surface area (Å²) < 4.78 is 19.0. The maximum atomic E-state index is 13.6. The Morgan fingerprint density at radius 3 is 2.57 bits per heavy atom. The Morgan fingerprint density at radius 1 is 1.32 bits per heavy atom. The SMILES string of the molecule is C[C@@H](c1cccc(F)c1)N1C=NC2(CCN(C(=O)OC(C)(C)C)CC2)C1=C=O. The molecule has 0 unspecified atom stereocenters. The van der Waals surface area contributed by atoms with Gasteiger partial charge in [0.2, 0.25) is 0 Å². The molecule has 0 aliphatic carbocycles. The van der Waals surface area contributed by atoms with Crippen LogP contribution in [0.15, 0.2) is 35.0 Å². The smallest absolute Gasteiger partial charge is 0.410 e. The zero-order valence-electron chi connectivity index (χ0n) is 16.7. The zero-order valence-corrected chi connectivity index (χ0v) is 16.7. The number of ether oxygens (including phenoxy) is 1. The molecule has 7 heteroatoms. The number of likely N-dealkylation sites (tertiary alicyclic amines) is 1.